The average molecular weight is 172 g/mol. The molecule has 0 aromatic rings. The SMILES string of the molecule is CC#CC1CCP(=O)(OC)C1. The molecule has 0 N–H and O–H groups in total. The fraction of sp³-hybridized carbons (Fsp3) is 0.750. The molecule has 0 aromatic heterocycles. The lowest BCUT2D eigenvalue weighted by atomic mass is 10.1. The molecule has 11 heavy (non-hydrogen) atoms. The fourth-order valence-corrected chi connectivity index (χ4v) is 3.52. The van der Waals surface area contributed by atoms with Gasteiger partial charge >= 0.3 is 0 Å². The Balaban J connectivity index is 2.58. The monoisotopic (exact) mass is 172 g/mol. The first-order valence-electron chi connectivity index (χ1n) is 3.76. The van der Waals surface area contributed by atoms with Crippen LogP contribution in [0.1, 0.15) is 13.3 Å². The second-order valence-corrected chi connectivity index (χ2v) is 5.59. The number of hydrogen-bond acceptors (Lipinski definition) is 2. The van der Waals surface area contributed by atoms with Crippen molar-refractivity contribution >= 4 is 7.37 Å². The molecule has 0 radical (unpaired) electrons. The van der Waals surface area contributed by atoms with E-state index in [1.807, 2.05) is 6.92 Å². The molecule has 1 fully saturated rings. The maximum absolute atomic E-state index is 11.6. The molecule has 1 heterocycles. The number of hydrogen-bond donors (Lipinski definition) is 0. The molecule has 0 saturated carbocycles. The summed E-state index contributed by atoms with van der Waals surface area (Å²) in [6.07, 6.45) is 2.30. The Morgan fingerprint density at radius 2 is 2.36 bits per heavy atom. The zero-order valence-corrected chi connectivity index (χ0v) is 7.86. The van der Waals surface area contributed by atoms with Gasteiger partial charge in [0.1, 0.15) is 0 Å². The molecular formula is C8H13O2P. The van der Waals surface area contributed by atoms with E-state index >= 15 is 0 Å². The smallest absolute Gasteiger partial charge is 0.204 e. The highest BCUT2D eigenvalue weighted by Gasteiger charge is 2.32. The summed E-state index contributed by atoms with van der Waals surface area (Å²) in [5.41, 5.74) is 0. The molecule has 0 aliphatic carbocycles. The molecule has 3 heteroatoms. The van der Waals surface area contributed by atoms with Crippen LogP contribution in [0.4, 0.5) is 0 Å². The predicted molar refractivity (Wildman–Crippen MR) is 45.9 cm³/mol. The van der Waals surface area contributed by atoms with E-state index in [0.29, 0.717) is 18.2 Å². The van der Waals surface area contributed by atoms with Gasteiger partial charge in [-0.15, -0.1) is 5.92 Å². The average Bonchev–Trinajstić information content (AvgIpc) is 2.35. The van der Waals surface area contributed by atoms with E-state index in [-0.39, 0.29) is 0 Å². The van der Waals surface area contributed by atoms with Gasteiger partial charge < -0.3 is 4.52 Å². The van der Waals surface area contributed by atoms with Crippen LogP contribution in [0.15, 0.2) is 0 Å². The fourth-order valence-electron chi connectivity index (χ4n) is 1.36. The Bertz CT molecular complexity index is 236. The summed E-state index contributed by atoms with van der Waals surface area (Å²) in [6, 6.07) is 0. The van der Waals surface area contributed by atoms with Gasteiger partial charge in [-0.25, -0.2) is 0 Å². The molecule has 0 spiro atoms. The molecule has 2 atom stereocenters. The van der Waals surface area contributed by atoms with Crippen LogP contribution in [-0.2, 0) is 9.09 Å². The van der Waals surface area contributed by atoms with Gasteiger partial charge in [-0.05, 0) is 13.3 Å². The van der Waals surface area contributed by atoms with Crippen LogP contribution in [0, 0.1) is 17.8 Å². The predicted octanol–water partition coefficient (Wildman–Crippen LogP) is 1.95. The minimum Gasteiger partial charge on any atom is -0.332 e. The Kier molecular flexibility index (Phi) is 2.76. The van der Waals surface area contributed by atoms with Gasteiger partial charge in [0.2, 0.25) is 7.37 Å². The van der Waals surface area contributed by atoms with Crippen molar-refractivity contribution < 1.29 is 9.09 Å². The van der Waals surface area contributed by atoms with Gasteiger partial charge in [-0.2, -0.15) is 0 Å². The Morgan fingerprint density at radius 3 is 2.82 bits per heavy atom. The van der Waals surface area contributed by atoms with Crippen molar-refractivity contribution in [2.45, 2.75) is 13.3 Å². The summed E-state index contributed by atoms with van der Waals surface area (Å²) < 4.78 is 16.5. The van der Waals surface area contributed by atoms with Gasteiger partial charge in [0, 0.05) is 25.4 Å². The third-order valence-corrected chi connectivity index (χ3v) is 4.60. The lowest BCUT2D eigenvalue weighted by molar-refractivity contribution is 0.398. The Labute approximate surface area is 67.8 Å². The van der Waals surface area contributed by atoms with E-state index in [0.717, 1.165) is 6.42 Å². The molecular weight excluding hydrogens is 159 g/mol. The minimum absolute atomic E-state index is 0.311. The van der Waals surface area contributed by atoms with E-state index in [2.05, 4.69) is 11.8 Å². The van der Waals surface area contributed by atoms with Crippen molar-refractivity contribution in [2.24, 2.45) is 5.92 Å². The van der Waals surface area contributed by atoms with Crippen molar-refractivity contribution in [1.29, 1.82) is 0 Å². The summed E-state index contributed by atoms with van der Waals surface area (Å²) in [5, 5.41) is 0. The largest absolute Gasteiger partial charge is 0.332 e. The molecule has 0 bridgehead atoms. The van der Waals surface area contributed by atoms with Gasteiger partial charge in [0.05, 0.1) is 0 Å². The highest BCUT2D eigenvalue weighted by Crippen LogP contribution is 2.54. The quantitative estimate of drug-likeness (QED) is 0.446. The first-order valence-corrected chi connectivity index (χ1v) is 5.76. The highest BCUT2D eigenvalue weighted by molar-refractivity contribution is 7.59. The normalized spacial score (nSPS) is 36.4. The van der Waals surface area contributed by atoms with Crippen LogP contribution in [0.5, 0.6) is 0 Å². The maximum atomic E-state index is 11.6. The number of rotatable bonds is 1. The summed E-state index contributed by atoms with van der Waals surface area (Å²) in [6.45, 7) is 1.82. The van der Waals surface area contributed by atoms with Crippen molar-refractivity contribution in [3.63, 3.8) is 0 Å². The van der Waals surface area contributed by atoms with E-state index in [1.165, 1.54) is 7.11 Å². The van der Waals surface area contributed by atoms with Gasteiger partial charge in [0.15, 0.2) is 0 Å². The molecule has 1 rings (SSSR count). The van der Waals surface area contributed by atoms with Crippen LogP contribution < -0.4 is 0 Å². The summed E-state index contributed by atoms with van der Waals surface area (Å²) >= 11 is 0. The second kappa shape index (κ2) is 3.43. The molecule has 1 saturated heterocycles. The van der Waals surface area contributed by atoms with Crippen LogP contribution >= 0.6 is 7.37 Å². The van der Waals surface area contributed by atoms with Crippen LogP contribution in [0.25, 0.3) is 0 Å². The lowest BCUT2D eigenvalue weighted by Gasteiger charge is -2.06. The second-order valence-electron chi connectivity index (χ2n) is 2.78. The van der Waals surface area contributed by atoms with E-state index in [9.17, 15) is 4.57 Å². The topological polar surface area (TPSA) is 26.3 Å². The van der Waals surface area contributed by atoms with Gasteiger partial charge in [-0.1, -0.05) is 5.92 Å². The molecule has 1 aliphatic heterocycles. The molecule has 1 aliphatic rings. The van der Waals surface area contributed by atoms with E-state index < -0.39 is 7.37 Å². The third-order valence-electron chi connectivity index (χ3n) is 2.00. The Hall–Kier alpha value is -0.250. The summed E-state index contributed by atoms with van der Waals surface area (Å²) in [5.74, 6) is 6.19. The van der Waals surface area contributed by atoms with Crippen LogP contribution in [0.3, 0.4) is 0 Å². The van der Waals surface area contributed by atoms with Gasteiger partial charge in [-0.3, -0.25) is 4.57 Å². The molecule has 2 unspecified atom stereocenters. The molecule has 0 amide bonds. The molecule has 0 aromatic carbocycles. The Morgan fingerprint density at radius 1 is 1.64 bits per heavy atom. The van der Waals surface area contributed by atoms with E-state index in [4.69, 9.17) is 4.52 Å². The lowest BCUT2D eigenvalue weighted by Crippen LogP contribution is -1.93. The zero-order chi connectivity index (χ0) is 8.32. The zero-order valence-electron chi connectivity index (χ0n) is 6.96. The molecule has 62 valence electrons. The van der Waals surface area contributed by atoms with Crippen molar-refractivity contribution in [3.8, 4) is 11.8 Å². The van der Waals surface area contributed by atoms with E-state index in [1.54, 1.807) is 0 Å². The van der Waals surface area contributed by atoms with Crippen LogP contribution in [-0.4, -0.2) is 19.4 Å². The van der Waals surface area contributed by atoms with Crippen molar-refractivity contribution in [1.82, 2.24) is 0 Å². The van der Waals surface area contributed by atoms with Gasteiger partial charge in [0.25, 0.3) is 0 Å². The van der Waals surface area contributed by atoms with Crippen molar-refractivity contribution in [3.05, 3.63) is 0 Å². The first kappa shape index (κ1) is 8.84. The standard InChI is InChI=1S/C8H13O2P/c1-3-4-8-5-6-11(9,7-8)10-2/h8H,5-7H2,1-2H3. The minimum atomic E-state index is -2.24. The first-order chi connectivity index (χ1) is 5.20. The molecule has 2 nitrogen and oxygen atoms in total. The highest BCUT2D eigenvalue weighted by atomic mass is 31.2. The van der Waals surface area contributed by atoms with Crippen molar-refractivity contribution in [2.75, 3.05) is 19.4 Å². The summed E-state index contributed by atoms with van der Waals surface area (Å²) in [7, 11) is -0.709. The van der Waals surface area contributed by atoms with Crippen LogP contribution in [0.2, 0.25) is 0 Å². The third kappa shape index (κ3) is 2.09. The summed E-state index contributed by atoms with van der Waals surface area (Å²) in [4.78, 5) is 0. The maximum Gasteiger partial charge on any atom is 0.204 e.